The SMILES string of the molecule is CCOc1ccc(C2/C(=C(\O)c3ccc4c(c3)CCCC4)C(=O)C(=O)N2CC2CCCO2)cc1OC. The van der Waals surface area contributed by atoms with Gasteiger partial charge in [0.2, 0.25) is 0 Å². The molecule has 0 spiro atoms. The topological polar surface area (TPSA) is 85.3 Å². The van der Waals surface area contributed by atoms with Crippen molar-refractivity contribution in [3.05, 3.63) is 64.2 Å². The van der Waals surface area contributed by atoms with Gasteiger partial charge in [-0.2, -0.15) is 0 Å². The Bertz CT molecular complexity index is 1200. The van der Waals surface area contributed by atoms with Crippen LogP contribution in [0.4, 0.5) is 0 Å². The molecule has 0 bridgehead atoms. The number of hydrogen-bond donors (Lipinski definition) is 1. The number of methoxy groups -OCH3 is 1. The molecule has 2 unspecified atom stereocenters. The van der Waals surface area contributed by atoms with Crippen molar-refractivity contribution in [2.45, 2.75) is 57.6 Å². The highest BCUT2D eigenvalue weighted by molar-refractivity contribution is 6.46. The standard InChI is InChI=1S/C29H33NO6/c1-3-35-23-13-12-20(16-24(23)34-2)26-25(28(32)29(33)30(26)17-22-9-6-14-36-22)27(31)21-11-10-18-7-4-5-8-19(18)15-21/h10-13,15-16,22,26,31H,3-9,14,17H2,1-2H3/b27-25+. The molecule has 1 amide bonds. The summed E-state index contributed by atoms with van der Waals surface area (Å²) < 4.78 is 17.0. The molecular weight excluding hydrogens is 458 g/mol. The number of aryl methyl sites for hydroxylation is 2. The number of likely N-dealkylation sites (tertiary alicyclic amines) is 1. The molecule has 2 atom stereocenters. The fourth-order valence-electron chi connectivity index (χ4n) is 5.59. The zero-order valence-electron chi connectivity index (χ0n) is 20.9. The fraction of sp³-hybridized carbons (Fsp3) is 0.448. The van der Waals surface area contributed by atoms with Crippen molar-refractivity contribution < 1.29 is 28.9 Å². The molecule has 2 aromatic carbocycles. The van der Waals surface area contributed by atoms with Gasteiger partial charge >= 0.3 is 0 Å². The minimum Gasteiger partial charge on any atom is -0.507 e. The van der Waals surface area contributed by atoms with Gasteiger partial charge in [-0.15, -0.1) is 0 Å². The summed E-state index contributed by atoms with van der Waals surface area (Å²) in [6.45, 7) is 3.30. The molecule has 0 saturated carbocycles. The minimum atomic E-state index is -0.755. The predicted molar refractivity (Wildman–Crippen MR) is 135 cm³/mol. The zero-order chi connectivity index (χ0) is 25.2. The molecular formula is C29H33NO6. The molecule has 36 heavy (non-hydrogen) atoms. The first-order chi connectivity index (χ1) is 17.5. The maximum atomic E-state index is 13.4. The van der Waals surface area contributed by atoms with Gasteiger partial charge in [0.15, 0.2) is 11.5 Å². The normalized spacial score (nSPS) is 23.1. The molecule has 2 aliphatic heterocycles. The van der Waals surface area contributed by atoms with Gasteiger partial charge in [-0.05, 0) is 80.3 Å². The molecule has 2 aromatic rings. The van der Waals surface area contributed by atoms with Crippen LogP contribution in [0.25, 0.3) is 5.76 Å². The highest BCUT2D eigenvalue weighted by Gasteiger charge is 2.47. The summed E-state index contributed by atoms with van der Waals surface area (Å²) in [4.78, 5) is 28.2. The Morgan fingerprint density at radius 3 is 2.58 bits per heavy atom. The van der Waals surface area contributed by atoms with Crippen molar-refractivity contribution >= 4 is 17.4 Å². The van der Waals surface area contributed by atoms with E-state index in [0.29, 0.717) is 35.8 Å². The van der Waals surface area contributed by atoms with E-state index in [1.807, 2.05) is 31.2 Å². The Morgan fingerprint density at radius 2 is 1.86 bits per heavy atom. The number of aliphatic hydroxyl groups excluding tert-OH is 1. The summed E-state index contributed by atoms with van der Waals surface area (Å²) in [6, 6.07) is 10.5. The molecule has 2 fully saturated rings. The Balaban J connectivity index is 1.61. The lowest BCUT2D eigenvalue weighted by Gasteiger charge is -2.28. The second-order valence-corrected chi connectivity index (χ2v) is 9.62. The van der Waals surface area contributed by atoms with Gasteiger partial charge in [0, 0.05) is 18.7 Å². The molecule has 2 heterocycles. The van der Waals surface area contributed by atoms with Crippen LogP contribution >= 0.6 is 0 Å². The molecule has 0 aromatic heterocycles. The maximum Gasteiger partial charge on any atom is 0.295 e. The first-order valence-electron chi connectivity index (χ1n) is 12.8. The fourth-order valence-corrected chi connectivity index (χ4v) is 5.59. The van der Waals surface area contributed by atoms with Gasteiger partial charge in [-0.3, -0.25) is 9.59 Å². The highest BCUT2D eigenvalue weighted by Crippen LogP contribution is 2.42. The lowest BCUT2D eigenvalue weighted by molar-refractivity contribution is -0.140. The molecule has 7 nitrogen and oxygen atoms in total. The minimum absolute atomic E-state index is 0.0972. The van der Waals surface area contributed by atoms with Crippen molar-refractivity contribution in [3.8, 4) is 11.5 Å². The van der Waals surface area contributed by atoms with E-state index in [1.165, 1.54) is 16.0 Å². The van der Waals surface area contributed by atoms with E-state index in [0.717, 1.165) is 38.5 Å². The number of nitrogens with zero attached hydrogens (tertiary/aromatic N) is 1. The second-order valence-electron chi connectivity index (χ2n) is 9.62. The van der Waals surface area contributed by atoms with Gasteiger partial charge in [0.1, 0.15) is 5.76 Å². The summed E-state index contributed by atoms with van der Waals surface area (Å²) in [5.41, 5.74) is 3.81. The van der Waals surface area contributed by atoms with E-state index in [4.69, 9.17) is 14.2 Å². The largest absolute Gasteiger partial charge is 0.507 e. The summed E-state index contributed by atoms with van der Waals surface area (Å²) >= 11 is 0. The number of ketones is 1. The molecule has 3 aliphatic rings. The first kappa shape index (κ1) is 24.4. The zero-order valence-corrected chi connectivity index (χ0v) is 20.9. The van der Waals surface area contributed by atoms with E-state index >= 15 is 0 Å². The van der Waals surface area contributed by atoms with Gasteiger partial charge in [-0.25, -0.2) is 0 Å². The van der Waals surface area contributed by atoms with E-state index in [2.05, 4.69) is 0 Å². The number of Topliss-reactive ketones (excluding diaryl/α,β-unsaturated/α-hetero) is 1. The van der Waals surface area contributed by atoms with E-state index in [-0.39, 0.29) is 24.0 Å². The van der Waals surface area contributed by atoms with E-state index < -0.39 is 17.7 Å². The quantitative estimate of drug-likeness (QED) is 0.347. The van der Waals surface area contributed by atoms with Crippen LogP contribution in [0.5, 0.6) is 11.5 Å². The van der Waals surface area contributed by atoms with Crippen molar-refractivity contribution in [1.29, 1.82) is 0 Å². The maximum absolute atomic E-state index is 13.4. The lowest BCUT2D eigenvalue weighted by atomic mass is 9.88. The number of rotatable bonds is 7. The lowest BCUT2D eigenvalue weighted by Crippen LogP contribution is -2.36. The number of fused-ring (bicyclic) bond motifs is 1. The van der Waals surface area contributed by atoms with Crippen LogP contribution in [0, 0.1) is 0 Å². The number of carbonyl (C=O) groups excluding carboxylic acids is 2. The Kier molecular flexibility index (Phi) is 7.01. The van der Waals surface area contributed by atoms with Gasteiger partial charge < -0.3 is 24.2 Å². The Morgan fingerprint density at radius 1 is 1.06 bits per heavy atom. The van der Waals surface area contributed by atoms with Gasteiger partial charge in [0.25, 0.3) is 11.7 Å². The van der Waals surface area contributed by atoms with Crippen LogP contribution in [0.2, 0.25) is 0 Å². The third-order valence-electron chi connectivity index (χ3n) is 7.39. The molecule has 2 saturated heterocycles. The summed E-state index contributed by atoms with van der Waals surface area (Å²) in [6.07, 6.45) is 5.84. The van der Waals surface area contributed by atoms with Crippen LogP contribution in [0.15, 0.2) is 42.0 Å². The Hall–Kier alpha value is -3.32. The number of carbonyl (C=O) groups is 2. The van der Waals surface area contributed by atoms with E-state index in [1.54, 1.807) is 19.2 Å². The van der Waals surface area contributed by atoms with Crippen LogP contribution in [0.3, 0.4) is 0 Å². The van der Waals surface area contributed by atoms with Crippen molar-refractivity contribution in [1.82, 2.24) is 4.90 Å². The van der Waals surface area contributed by atoms with Crippen LogP contribution < -0.4 is 9.47 Å². The third kappa shape index (κ3) is 4.48. The van der Waals surface area contributed by atoms with Crippen molar-refractivity contribution in [3.63, 3.8) is 0 Å². The summed E-state index contributed by atoms with van der Waals surface area (Å²) in [5, 5.41) is 11.5. The number of ether oxygens (including phenoxy) is 3. The second kappa shape index (κ2) is 10.3. The van der Waals surface area contributed by atoms with Gasteiger partial charge in [0.05, 0.1) is 31.4 Å². The number of amides is 1. The number of benzene rings is 2. The monoisotopic (exact) mass is 491 g/mol. The predicted octanol–water partition coefficient (Wildman–Crippen LogP) is 4.57. The average molecular weight is 492 g/mol. The van der Waals surface area contributed by atoms with Crippen molar-refractivity contribution in [2.75, 3.05) is 26.9 Å². The Labute approximate surface area is 211 Å². The summed E-state index contributed by atoms with van der Waals surface area (Å²) in [7, 11) is 1.55. The van der Waals surface area contributed by atoms with Crippen LogP contribution in [-0.4, -0.2) is 54.7 Å². The smallest absolute Gasteiger partial charge is 0.295 e. The molecule has 190 valence electrons. The van der Waals surface area contributed by atoms with Crippen LogP contribution in [0.1, 0.15) is 60.9 Å². The first-order valence-corrected chi connectivity index (χ1v) is 12.8. The number of aliphatic hydroxyl groups is 1. The average Bonchev–Trinajstić information content (AvgIpc) is 3.51. The van der Waals surface area contributed by atoms with Crippen LogP contribution in [-0.2, 0) is 27.2 Å². The van der Waals surface area contributed by atoms with Crippen molar-refractivity contribution in [2.24, 2.45) is 0 Å². The molecule has 1 aliphatic carbocycles. The molecule has 1 N–H and O–H groups in total. The third-order valence-corrected chi connectivity index (χ3v) is 7.39. The molecule has 0 radical (unpaired) electrons. The molecule has 5 rings (SSSR count). The number of hydrogen-bond acceptors (Lipinski definition) is 6. The summed E-state index contributed by atoms with van der Waals surface area (Å²) in [5.74, 6) is -0.362. The molecule has 7 heteroatoms. The highest BCUT2D eigenvalue weighted by atomic mass is 16.5. The van der Waals surface area contributed by atoms with E-state index in [9.17, 15) is 14.7 Å². The van der Waals surface area contributed by atoms with Gasteiger partial charge in [-0.1, -0.05) is 18.2 Å².